The highest BCUT2D eigenvalue weighted by Crippen LogP contribution is 2.23. The molecule has 0 spiro atoms. The topological polar surface area (TPSA) is 56.8 Å². The minimum Gasteiger partial charge on any atom is -0.491 e. The zero-order valence-electron chi connectivity index (χ0n) is 17.3. The van der Waals surface area contributed by atoms with Crippen molar-refractivity contribution in [3.63, 3.8) is 0 Å². The van der Waals surface area contributed by atoms with E-state index in [0.29, 0.717) is 31.3 Å². The number of ether oxygens (including phenoxy) is 3. The lowest BCUT2D eigenvalue weighted by atomic mass is 10.1. The van der Waals surface area contributed by atoms with Crippen molar-refractivity contribution in [2.75, 3.05) is 25.1 Å². The van der Waals surface area contributed by atoms with E-state index in [9.17, 15) is 4.79 Å². The highest BCUT2D eigenvalue weighted by atomic mass is 16.5. The van der Waals surface area contributed by atoms with Crippen LogP contribution in [-0.2, 0) is 9.53 Å². The fourth-order valence-corrected chi connectivity index (χ4v) is 2.86. The van der Waals surface area contributed by atoms with E-state index in [-0.39, 0.29) is 5.91 Å². The molecule has 3 aromatic carbocycles. The Balaban J connectivity index is 1.49. The largest absolute Gasteiger partial charge is 0.491 e. The molecule has 5 heteroatoms. The molecule has 3 rings (SSSR count). The van der Waals surface area contributed by atoms with Crippen LogP contribution in [0.25, 0.3) is 11.1 Å². The smallest absolute Gasteiger partial charge is 0.265 e. The molecule has 0 radical (unpaired) electrons. The Hall–Kier alpha value is -3.31. The molecule has 1 amide bonds. The van der Waals surface area contributed by atoms with E-state index in [1.165, 1.54) is 0 Å². The van der Waals surface area contributed by atoms with Gasteiger partial charge >= 0.3 is 0 Å². The first-order chi connectivity index (χ1) is 14.7. The molecule has 0 aliphatic heterocycles. The first-order valence-electron chi connectivity index (χ1n) is 10.1. The highest BCUT2D eigenvalue weighted by Gasteiger charge is 2.15. The van der Waals surface area contributed by atoms with Gasteiger partial charge in [0.1, 0.15) is 18.1 Å². The molecule has 0 bridgehead atoms. The molecule has 0 heterocycles. The number of carbonyl (C=O) groups excluding carboxylic acids is 1. The molecule has 1 N–H and O–H groups in total. The van der Waals surface area contributed by atoms with Gasteiger partial charge in [-0.15, -0.1) is 0 Å². The second kappa shape index (κ2) is 11.0. The van der Waals surface area contributed by atoms with Crippen LogP contribution in [-0.4, -0.2) is 31.8 Å². The molecule has 0 aliphatic rings. The maximum atomic E-state index is 12.5. The van der Waals surface area contributed by atoms with Crippen molar-refractivity contribution in [3.05, 3.63) is 78.9 Å². The van der Waals surface area contributed by atoms with E-state index in [4.69, 9.17) is 14.2 Å². The van der Waals surface area contributed by atoms with Gasteiger partial charge in [-0.1, -0.05) is 42.5 Å². The number of hydrogen-bond donors (Lipinski definition) is 1. The summed E-state index contributed by atoms with van der Waals surface area (Å²) in [4.78, 5) is 12.5. The number of rotatable bonds is 10. The normalized spacial score (nSPS) is 11.5. The molecule has 1 atom stereocenters. The highest BCUT2D eigenvalue weighted by molar-refractivity contribution is 5.94. The van der Waals surface area contributed by atoms with E-state index >= 15 is 0 Å². The molecule has 0 aromatic heterocycles. The first kappa shape index (κ1) is 21.4. The third-order valence-corrected chi connectivity index (χ3v) is 4.47. The van der Waals surface area contributed by atoms with Crippen LogP contribution in [0, 0.1) is 0 Å². The Morgan fingerprint density at radius 3 is 2.13 bits per heavy atom. The Morgan fingerprint density at radius 2 is 1.47 bits per heavy atom. The summed E-state index contributed by atoms with van der Waals surface area (Å²) in [5, 5.41) is 2.86. The van der Waals surface area contributed by atoms with Crippen LogP contribution in [0.4, 0.5) is 5.69 Å². The molecule has 0 fully saturated rings. The third-order valence-electron chi connectivity index (χ3n) is 4.47. The summed E-state index contributed by atoms with van der Waals surface area (Å²) in [5.41, 5.74) is 2.93. The van der Waals surface area contributed by atoms with Gasteiger partial charge in [0.15, 0.2) is 6.10 Å². The van der Waals surface area contributed by atoms with Gasteiger partial charge in [-0.25, -0.2) is 0 Å². The van der Waals surface area contributed by atoms with Crippen molar-refractivity contribution < 1.29 is 19.0 Å². The van der Waals surface area contributed by atoms with Crippen LogP contribution in [0.1, 0.15) is 13.8 Å². The molecular formula is C25H27NO4. The number of benzene rings is 3. The summed E-state index contributed by atoms with van der Waals surface area (Å²) >= 11 is 0. The summed E-state index contributed by atoms with van der Waals surface area (Å²) in [7, 11) is 0. The second-order valence-corrected chi connectivity index (χ2v) is 6.71. The Bertz CT molecular complexity index is 908. The van der Waals surface area contributed by atoms with E-state index < -0.39 is 6.10 Å². The van der Waals surface area contributed by atoms with Crippen molar-refractivity contribution in [1.29, 1.82) is 0 Å². The van der Waals surface area contributed by atoms with Crippen LogP contribution in [0.3, 0.4) is 0 Å². The van der Waals surface area contributed by atoms with E-state index in [2.05, 4.69) is 17.4 Å². The number of anilines is 1. The molecule has 0 saturated carbocycles. The van der Waals surface area contributed by atoms with Crippen molar-refractivity contribution in [2.24, 2.45) is 0 Å². The van der Waals surface area contributed by atoms with Gasteiger partial charge in [0.2, 0.25) is 0 Å². The quantitative estimate of drug-likeness (QED) is 0.473. The Kier molecular flexibility index (Phi) is 7.86. The van der Waals surface area contributed by atoms with Crippen LogP contribution >= 0.6 is 0 Å². The average molecular weight is 405 g/mol. The summed E-state index contributed by atoms with van der Waals surface area (Å²) in [6, 6.07) is 25.1. The summed E-state index contributed by atoms with van der Waals surface area (Å²) in [5.74, 6) is 1.16. The monoisotopic (exact) mass is 405 g/mol. The van der Waals surface area contributed by atoms with Gasteiger partial charge in [-0.3, -0.25) is 4.79 Å². The predicted molar refractivity (Wildman–Crippen MR) is 119 cm³/mol. The molecule has 1 unspecified atom stereocenters. The number of hydrogen-bond acceptors (Lipinski definition) is 4. The van der Waals surface area contributed by atoms with E-state index in [1.54, 1.807) is 19.1 Å². The van der Waals surface area contributed by atoms with Crippen molar-refractivity contribution in [1.82, 2.24) is 0 Å². The van der Waals surface area contributed by atoms with Crippen LogP contribution in [0.5, 0.6) is 11.5 Å². The molecule has 3 aromatic rings. The van der Waals surface area contributed by atoms with Crippen molar-refractivity contribution >= 4 is 11.6 Å². The minimum atomic E-state index is -0.630. The Labute approximate surface area is 177 Å². The number of nitrogens with one attached hydrogen (secondary N) is 1. The van der Waals surface area contributed by atoms with Crippen molar-refractivity contribution in [2.45, 2.75) is 20.0 Å². The SMILES string of the molecule is CCOCCOc1ccc(NC(=O)C(C)Oc2ccc(-c3ccccc3)cc2)cc1. The van der Waals surface area contributed by atoms with E-state index in [1.807, 2.05) is 61.5 Å². The third kappa shape index (κ3) is 6.36. The van der Waals surface area contributed by atoms with Gasteiger partial charge in [0, 0.05) is 12.3 Å². The number of amides is 1. The summed E-state index contributed by atoms with van der Waals surface area (Å²) in [6.07, 6.45) is -0.630. The predicted octanol–water partition coefficient (Wildman–Crippen LogP) is 5.17. The zero-order chi connectivity index (χ0) is 21.2. The number of carbonyl (C=O) groups is 1. The lowest BCUT2D eigenvalue weighted by Crippen LogP contribution is -2.30. The van der Waals surface area contributed by atoms with Gasteiger partial charge in [-0.2, -0.15) is 0 Å². The minimum absolute atomic E-state index is 0.216. The lowest BCUT2D eigenvalue weighted by molar-refractivity contribution is -0.122. The molecule has 156 valence electrons. The Morgan fingerprint density at radius 1 is 0.833 bits per heavy atom. The van der Waals surface area contributed by atoms with Crippen LogP contribution < -0.4 is 14.8 Å². The molecular weight excluding hydrogens is 378 g/mol. The van der Waals surface area contributed by atoms with Gasteiger partial charge < -0.3 is 19.5 Å². The maximum absolute atomic E-state index is 12.5. The molecule has 0 aliphatic carbocycles. The van der Waals surface area contributed by atoms with Crippen LogP contribution in [0.15, 0.2) is 78.9 Å². The fourth-order valence-electron chi connectivity index (χ4n) is 2.86. The first-order valence-corrected chi connectivity index (χ1v) is 10.1. The van der Waals surface area contributed by atoms with Crippen molar-refractivity contribution in [3.8, 4) is 22.6 Å². The summed E-state index contributed by atoms with van der Waals surface area (Å²) in [6.45, 7) is 5.39. The van der Waals surface area contributed by atoms with Gasteiger partial charge in [0.05, 0.1) is 6.61 Å². The lowest BCUT2D eigenvalue weighted by Gasteiger charge is -2.15. The maximum Gasteiger partial charge on any atom is 0.265 e. The standard InChI is InChI=1S/C25H27NO4/c1-3-28-17-18-29-23-15-11-22(12-16-23)26-25(27)19(2)30-24-13-9-21(10-14-24)20-7-5-4-6-8-20/h4-16,19H,3,17-18H2,1-2H3,(H,26,27). The molecule has 5 nitrogen and oxygen atoms in total. The zero-order valence-corrected chi connectivity index (χ0v) is 17.3. The summed E-state index contributed by atoms with van der Waals surface area (Å²) < 4.78 is 16.6. The molecule has 30 heavy (non-hydrogen) atoms. The van der Waals surface area contributed by atoms with E-state index in [0.717, 1.165) is 16.9 Å². The van der Waals surface area contributed by atoms with Crippen LogP contribution in [0.2, 0.25) is 0 Å². The average Bonchev–Trinajstić information content (AvgIpc) is 2.79. The fraction of sp³-hybridized carbons (Fsp3) is 0.240. The van der Waals surface area contributed by atoms with Gasteiger partial charge in [-0.05, 0) is 61.4 Å². The van der Waals surface area contributed by atoms with Gasteiger partial charge in [0.25, 0.3) is 5.91 Å². The molecule has 0 saturated heterocycles. The second-order valence-electron chi connectivity index (χ2n) is 6.71.